The number of hydrogen-bond acceptors (Lipinski definition) is 6. The highest BCUT2D eigenvalue weighted by molar-refractivity contribution is 7.92. The Hall–Kier alpha value is -2.33. The van der Waals surface area contributed by atoms with Gasteiger partial charge in [0.15, 0.2) is 0 Å². The van der Waals surface area contributed by atoms with Gasteiger partial charge in [-0.25, -0.2) is 18.2 Å². The molecule has 0 aliphatic heterocycles. The summed E-state index contributed by atoms with van der Waals surface area (Å²) in [5, 5.41) is 5.41. The topological polar surface area (TPSA) is 101 Å². The van der Waals surface area contributed by atoms with Gasteiger partial charge in [-0.1, -0.05) is 0 Å². The van der Waals surface area contributed by atoms with E-state index >= 15 is 0 Å². The van der Waals surface area contributed by atoms with Gasteiger partial charge >= 0.3 is 6.03 Å². The summed E-state index contributed by atoms with van der Waals surface area (Å²) < 4.78 is 30.4. The Bertz CT molecular complexity index is 837. The minimum Gasteiger partial charge on any atom is -0.495 e. The molecule has 25 heavy (non-hydrogen) atoms. The number of sulfonamides is 1. The van der Waals surface area contributed by atoms with Gasteiger partial charge < -0.3 is 15.0 Å². The van der Waals surface area contributed by atoms with Crippen molar-refractivity contribution in [1.82, 2.24) is 9.88 Å². The van der Waals surface area contributed by atoms with Crippen LogP contribution in [0, 0.1) is 0 Å². The Morgan fingerprint density at radius 2 is 2.12 bits per heavy atom. The molecule has 2 aromatic rings. The molecule has 0 saturated carbocycles. The highest BCUT2D eigenvalue weighted by Crippen LogP contribution is 2.29. The maximum absolute atomic E-state index is 12.4. The minimum absolute atomic E-state index is 0.188. The number of methoxy groups -OCH3 is 1. The fourth-order valence-corrected chi connectivity index (χ4v) is 3.36. The van der Waals surface area contributed by atoms with Crippen LogP contribution in [-0.2, 0) is 10.0 Å². The molecule has 2 N–H and O–H groups in total. The van der Waals surface area contributed by atoms with Crippen molar-refractivity contribution in [3.63, 3.8) is 0 Å². The molecule has 0 aliphatic rings. The Balaban J connectivity index is 2.16. The molecule has 136 valence electrons. The normalized spacial score (nSPS) is 12.3. The van der Waals surface area contributed by atoms with Crippen LogP contribution in [0.5, 0.6) is 5.75 Å². The third-order valence-electron chi connectivity index (χ3n) is 3.46. The van der Waals surface area contributed by atoms with E-state index < -0.39 is 10.0 Å². The SMILES string of the molecule is COc1ccc(NC(=O)N(C)C(C)c2nccs2)cc1NS(C)(=O)=O. The zero-order valence-electron chi connectivity index (χ0n) is 14.3. The molecule has 1 aromatic carbocycles. The van der Waals surface area contributed by atoms with Gasteiger partial charge in [0.05, 0.1) is 25.1 Å². The third kappa shape index (κ3) is 5.07. The predicted molar refractivity (Wildman–Crippen MR) is 98.8 cm³/mol. The lowest BCUT2D eigenvalue weighted by Gasteiger charge is -2.23. The Morgan fingerprint density at radius 1 is 1.40 bits per heavy atom. The summed E-state index contributed by atoms with van der Waals surface area (Å²) in [5.74, 6) is 0.355. The molecule has 0 spiro atoms. The van der Waals surface area contributed by atoms with Crippen molar-refractivity contribution in [1.29, 1.82) is 0 Å². The van der Waals surface area contributed by atoms with Gasteiger partial charge in [0.1, 0.15) is 10.8 Å². The molecule has 0 bridgehead atoms. The number of ether oxygens (including phenoxy) is 1. The van der Waals surface area contributed by atoms with E-state index in [1.807, 2.05) is 12.3 Å². The molecule has 2 amide bonds. The first-order chi connectivity index (χ1) is 11.7. The summed E-state index contributed by atoms with van der Waals surface area (Å²) in [5.41, 5.74) is 0.688. The molecule has 2 rings (SSSR count). The molecule has 0 saturated heterocycles. The van der Waals surface area contributed by atoms with Crippen LogP contribution in [0.15, 0.2) is 29.8 Å². The number of carbonyl (C=O) groups excluding carboxylic acids is 1. The van der Waals surface area contributed by atoms with E-state index in [4.69, 9.17) is 4.74 Å². The average Bonchev–Trinajstić information content (AvgIpc) is 3.06. The maximum atomic E-state index is 12.4. The van der Waals surface area contributed by atoms with Gasteiger partial charge in [0.25, 0.3) is 0 Å². The van der Waals surface area contributed by atoms with Gasteiger partial charge in [-0.15, -0.1) is 11.3 Å². The summed E-state index contributed by atoms with van der Waals surface area (Å²) in [7, 11) is -0.372. The quantitative estimate of drug-likeness (QED) is 0.797. The average molecular weight is 384 g/mol. The van der Waals surface area contributed by atoms with Gasteiger partial charge in [-0.05, 0) is 25.1 Å². The molecular weight excluding hydrogens is 364 g/mol. The van der Waals surface area contributed by atoms with E-state index in [2.05, 4.69) is 15.0 Å². The Labute approximate surface area is 150 Å². The number of aromatic nitrogens is 1. The van der Waals surface area contributed by atoms with Crippen LogP contribution >= 0.6 is 11.3 Å². The van der Waals surface area contributed by atoms with Crippen LogP contribution in [0.2, 0.25) is 0 Å². The molecule has 0 radical (unpaired) electrons. The summed E-state index contributed by atoms with van der Waals surface area (Å²) in [6.07, 6.45) is 2.73. The van der Waals surface area contributed by atoms with Crippen molar-refractivity contribution in [2.24, 2.45) is 0 Å². The number of nitrogens with zero attached hydrogens (tertiary/aromatic N) is 2. The second-order valence-electron chi connectivity index (χ2n) is 5.38. The monoisotopic (exact) mass is 384 g/mol. The number of thiazole rings is 1. The zero-order valence-corrected chi connectivity index (χ0v) is 15.9. The first kappa shape index (κ1) is 19.0. The van der Waals surface area contributed by atoms with Gasteiger partial charge in [0, 0.05) is 24.3 Å². The predicted octanol–water partition coefficient (Wildman–Crippen LogP) is 2.75. The van der Waals surface area contributed by atoms with Gasteiger partial charge in [-0.3, -0.25) is 4.72 Å². The third-order valence-corrected chi connectivity index (χ3v) is 4.99. The van der Waals surface area contributed by atoms with Crippen molar-refractivity contribution in [3.8, 4) is 5.75 Å². The van der Waals surface area contributed by atoms with Gasteiger partial charge in [0.2, 0.25) is 10.0 Å². The second-order valence-corrected chi connectivity index (χ2v) is 8.05. The van der Waals surface area contributed by atoms with Crippen LogP contribution in [-0.4, -0.2) is 44.7 Å². The van der Waals surface area contributed by atoms with Crippen molar-refractivity contribution < 1.29 is 17.9 Å². The molecule has 10 heteroatoms. The zero-order chi connectivity index (χ0) is 18.6. The van der Waals surface area contributed by atoms with E-state index in [1.165, 1.54) is 29.4 Å². The fourth-order valence-electron chi connectivity index (χ4n) is 2.06. The Kier molecular flexibility index (Phi) is 5.85. The van der Waals surface area contributed by atoms with Crippen molar-refractivity contribution in [3.05, 3.63) is 34.8 Å². The lowest BCUT2D eigenvalue weighted by molar-refractivity contribution is 0.208. The number of benzene rings is 1. The van der Waals surface area contributed by atoms with Crippen molar-refractivity contribution >= 4 is 38.8 Å². The summed E-state index contributed by atoms with van der Waals surface area (Å²) in [4.78, 5) is 18.1. The summed E-state index contributed by atoms with van der Waals surface area (Å²) >= 11 is 1.47. The van der Waals surface area contributed by atoms with Gasteiger partial charge in [-0.2, -0.15) is 0 Å². The highest BCUT2D eigenvalue weighted by Gasteiger charge is 2.20. The molecule has 0 fully saturated rings. The van der Waals surface area contributed by atoms with Crippen LogP contribution < -0.4 is 14.8 Å². The van der Waals surface area contributed by atoms with Crippen LogP contribution in [0.4, 0.5) is 16.2 Å². The number of carbonyl (C=O) groups is 1. The molecule has 1 heterocycles. The molecular formula is C15H20N4O4S2. The second kappa shape index (κ2) is 7.70. The van der Waals surface area contributed by atoms with E-state index in [0.29, 0.717) is 11.4 Å². The Morgan fingerprint density at radius 3 is 2.68 bits per heavy atom. The van der Waals surface area contributed by atoms with E-state index in [0.717, 1.165) is 11.3 Å². The fraction of sp³-hybridized carbons (Fsp3) is 0.333. The molecule has 0 aliphatic carbocycles. The number of amides is 2. The largest absolute Gasteiger partial charge is 0.495 e. The summed E-state index contributed by atoms with van der Waals surface area (Å²) in [6.45, 7) is 1.88. The number of urea groups is 1. The number of anilines is 2. The standard InChI is InChI=1S/C15H20N4O4S2/c1-10(14-16-7-8-24-14)19(2)15(20)17-11-5-6-13(23-3)12(9-11)18-25(4,21)22/h5-10,18H,1-4H3,(H,17,20). The van der Waals surface area contributed by atoms with Crippen LogP contribution in [0.25, 0.3) is 0 Å². The minimum atomic E-state index is -3.47. The highest BCUT2D eigenvalue weighted by atomic mass is 32.2. The molecule has 1 aromatic heterocycles. The lowest BCUT2D eigenvalue weighted by Crippen LogP contribution is -2.33. The number of rotatable bonds is 6. The number of hydrogen-bond donors (Lipinski definition) is 2. The molecule has 8 nitrogen and oxygen atoms in total. The first-order valence-electron chi connectivity index (χ1n) is 7.30. The van der Waals surface area contributed by atoms with Crippen molar-refractivity contribution in [2.45, 2.75) is 13.0 Å². The van der Waals surface area contributed by atoms with E-state index in [9.17, 15) is 13.2 Å². The van der Waals surface area contributed by atoms with E-state index in [1.54, 1.807) is 25.4 Å². The lowest BCUT2D eigenvalue weighted by atomic mass is 10.2. The maximum Gasteiger partial charge on any atom is 0.322 e. The smallest absolute Gasteiger partial charge is 0.322 e. The molecule has 1 atom stereocenters. The number of nitrogens with one attached hydrogen (secondary N) is 2. The van der Waals surface area contributed by atoms with Crippen LogP contribution in [0.3, 0.4) is 0 Å². The van der Waals surface area contributed by atoms with Crippen LogP contribution in [0.1, 0.15) is 18.0 Å². The van der Waals surface area contributed by atoms with E-state index in [-0.39, 0.29) is 17.8 Å². The van der Waals surface area contributed by atoms with Crippen molar-refractivity contribution in [2.75, 3.05) is 30.5 Å². The first-order valence-corrected chi connectivity index (χ1v) is 10.1. The molecule has 1 unspecified atom stereocenters. The summed E-state index contributed by atoms with van der Waals surface area (Å²) in [6, 6.07) is 4.18.